The fourth-order valence-corrected chi connectivity index (χ4v) is 5.79. The molecule has 3 heterocycles. The van der Waals surface area contributed by atoms with Crippen molar-refractivity contribution in [3.05, 3.63) is 36.0 Å². The Hall–Kier alpha value is -2.46. The molecule has 0 atom stereocenters. The summed E-state index contributed by atoms with van der Waals surface area (Å²) in [4.78, 5) is 19.4. The molecule has 9 nitrogen and oxygen atoms in total. The zero-order valence-electron chi connectivity index (χ0n) is 17.9. The van der Waals surface area contributed by atoms with E-state index in [0.717, 1.165) is 12.8 Å². The lowest BCUT2D eigenvalue weighted by Gasteiger charge is -2.36. The first-order valence-electron chi connectivity index (χ1n) is 10.6. The van der Waals surface area contributed by atoms with Gasteiger partial charge in [0.05, 0.1) is 12.0 Å². The average Bonchev–Trinajstić information content (AvgIpc) is 3.25. The van der Waals surface area contributed by atoms with Crippen LogP contribution in [0.2, 0.25) is 0 Å². The van der Waals surface area contributed by atoms with Gasteiger partial charge < -0.3 is 14.2 Å². The van der Waals surface area contributed by atoms with E-state index < -0.39 is 10.0 Å². The zero-order chi connectivity index (χ0) is 22.0. The van der Waals surface area contributed by atoms with Crippen LogP contribution in [0, 0.1) is 12.8 Å². The molecule has 10 heteroatoms. The first-order chi connectivity index (χ1) is 14.9. The Morgan fingerprint density at radius 1 is 1.06 bits per heavy atom. The van der Waals surface area contributed by atoms with Gasteiger partial charge in [0.25, 0.3) is 0 Å². The number of methoxy groups -OCH3 is 1. The minimum Gasteiger partial charge on any atom is -0.497 e. The van der Waals surface area contributed by atoms with Crippen LogP contribution in [0.25, 0.3) is 0 Å². The number of nitrogens with zero attached hydrogens (tertiary/aromatic N) is 4. The van der Waals surface area contributed by atoms with Crippen LogP contribution in [0.5, 0.6) is 5.75 Å². The molecule has 2 aromatic rings. The molecule has 0 N–H and O–H groups in total. The van der Waals surface area contributed by atoms with Crippen LogP contribution in [0.3, 0.4) is 0 Å². The second kappa shape index (κ2) is 8.96. The predicted molar refractivity (Wildman–Crippen MR) is 112 cm³/mol. The molecular formula is C21H28N4O5S. The Morgan fingerprint density at radius 2 is 1.71 bits per heavy atom. The summed E-state index contributed by atoms with van der Waals surface area (Å²) in [5.74, 6) is 2.08. The van der Waals surface area contributed by atoms with Crippen molar-refractivity contribution < 1.29 is 22.5 Å². The van der Waals surface area contributed by atoms with Crippen LogP contribution in [0.15, 0.2) is 33.7 Å². The van der Waals surface area contributed by atoms with E-state index >= 15 is 0 Å². The molecular weight excluding hydrogens is 420 g/mol. The molecule has 1 aromatic carbocycles. The molecule has 1 amide bonds. The normalized spacial score (nSPS) is 19.5. The van der Waals surface area contributed by atoms with Gasteiger partial charge in [0, 0.05) is 38.0 Å². The van der Waals surface area contributed by atoms with Gasteiger partial charge in [-0.3, -0.25) is 4.79 Å². The van der Waals surface area contributed by atoms with Crippen LogP contribution in [0.4, 0.5) is 0 Å². The highest BCUT2D eigenvalue weighted by Crippen LogP contribution is 2.30. The van der Waals surface area contributed by atoms with E-state index in [-0.39, 0.29) is 22.6 Å². The first-order valence-corrected chi connectivity index (χ1v) is 12.1. The van der Waals surface area contributed by atoms with Crippen LogP contribution in [0.1, 0.15) is 43.3 Å². The average molecular weight is 449 g/mol. The maximum Gasteiger partial charge on any atom is 0.243 e. The van der Waals surface area contributed by atoms with Crippen molar-refractivity contribution in [1.82, 2.24) is 19.3 Å². The summed E-state index contributed by atoms with van der Waals surface area (Å²) < 4.78 is 37.7. The van der Waals surface area contributed by atoms with Crippen LogP contribution < -0.4 is 4.74 Å². The summed E-state index contributed by atoms with van der Waals surface area (Å²) >= 11 is 0. The van der Waals surface area contributed by atoms with E-state index in [1.165, 1.54) is 4.31 Å². The Labute approximate surface area is 182 Å². The number of benzene rings is 1. The minimum atomic E-state index is -3.57. The van der Waals surface area contributed by atoms with E-state index in [4.69, 9.17) is 9.26 Å². The van der Waals surface area contributed by atoms with Gasteiger partial charge in [-0.05, 0) is 56.9 Å². The maximum atomic E-state index is 13.0. The summed E-state index contributed by atoms with van der Waals surface area (Å²) in [5.41, 5.74) is 0. The van der Waals surface area contributed by atoms with E-state index in [9.17, 15) is 13.2 Å². The highest BCUT2D eigenvalue weighted by molar-refractivity contribution is 7.89. The Kier molecular flexibility index (Phi) is 6.29. The van der Waals surface area contributed by atoms with Crippen molar-refractivity contribution in [2.45, 2.75) is 43.4 Å². The van der Waals surface area contributed by atoms with Crippen molar-refractivity contribution >= 4 is 15.9 Å². The molecule has 31 heavy (non-hydrogen) atoms. The minimum absolute atomic E-state index is 0.127. The summed E-state index contributed by atoms with van der Waals surface area (Å²) in [5, 5.41) is 3.85. The summed E-state index contributed by atoms with van der Waals surface area (Å²) in [6, 6.07) is 6.39. The summed E-state index contributed by atoms with van der Waals surface area (Å²) in [6.07, 6.45) is 2.68. The second-order valence-electron chi connectivity index (χ2n) is 8.13. The molecule has 0 unspecified atom stereocenters. The molecule has 0 radical (unpaired) electrons. The SMILES string of the molecule is COc1ccc(S(=O)(=O)N2CCC(C(=O)N3CCC(c4nc(C)no4)CC3)CC2)cc1. The molecule has 0 aliphatic carbocycles. The van der Waals surface area contributed by atoms with E-state index in [1.54, 1.807) is 38.3 Å². The number of rotatable bonds is 5. The fourth-order valence-electron chi connectivity index (χ4n) is 4.32. The smallest absolute Gasteiger partial charge is 0.243 e. The Balaban J connectivity index is 1.30. The van der Waals surface area contributed by atoms with Crippen LogP contribution >= 0.6 is 0 Å². The number of amides is 1. The van der Waals surface area contributed by atoms with Gasteiger partial charge in [-0.2, -0.15) is 9.29 Å². The molecule has 2 fully saturated rings. The Bertz CT molecular complexity index is 1000. The van der Waals surface area contributed by atoms with Gasteiger partial charge in [0.2, 0.25) is 21.8 Å². The second-order valence-corrected chi connectivity index (χ2v) is 10.1. The third-order valence-corrected chi connectivity index (χ3v) is 8.11. The number of ether oxygens (including phenoxy) is 1. The number of sulfonamides is 1. The highest BCUT2D eigenvalue weighted by atomic mass is 32.2. The maximum absolute atomic E-state index is 13.0. The number of likely N-dealkylation sites (tertiary alicyclic amines) is 1. The van der Waals surface area contributed by atoms with Gasteiger partial charge >= 0.3 is 0 Å². The molecule has 2 saturated heterocycles. The van der Waals surface area contributed by atoms with Crippen molar-refractivity contribution in [2.24, 2.45) is 5.92 Å². The van der Waals surface area contributed by atoms with Crippen molar-refractivity contribution in [3.63, 3.8) is 0 Å². The lowest BCUT2D eigenvalue weighted by Crippen LogP contribution is -2.46. The van der Waals surface area contributed by atoms with E-state index in [2.05, 4.69) is 10.1 Å². The van der Waals surface area contributed by atoms with Gasteiger partial charge in [-0.15, -0.1) is 0 Å². The predicted octanol–water partition coefficient (Wildman–Crippen LogP) is 2.19. The number of hydrogen-bond acceptors (Lipinski definition) is 7. The van der Waals surface area contributed by atoms with Gasteiger partial charge in [0.15, 0.2) is 5.82 Å². The first kappa shape index (κ1) is 21.8. The summed E-state index contributed by atoms with van der Waals surface area (Å²) in [6.45, 7) is 3.82. The van der Waals surface area contributed by atoms with Gasteiger partial charge in [-0.25, -0.2) is 8.42 Å². The topological polar surface area (TPSA) is 106 Å². The van der Waals surface area contributed by atoms with E-state index in [0.29, 0.717) is 56.5 Å². The molecule has 1 aromatic heterocycles. The quantitative estimate of drug-likeness (QED) is 0.690. The molecule has 2 aliphatic rings. The van der Waals surface area contributed by atoms with Crippen LogP contribution in [-0.2, 0) is 14.8 Å². The molecule has 168 valence electrons. The molecule has 0 bridgehead atoms. The lowest BCUT2D eigenvalue weighted by atomic mass is 9.92. The van der Waals surface area contributed by atoms with Crippen molar-refractivity contribution in [3.8, 4) is 5.75 Å². The van der Waals surface area contributed by atoms with Crippen LogP contribution in [-0.4, -0.2) is 67.0 Å². The molecule has 4 rings (SSSR count). The number of carbonyl (C=O) groups is 1. The molecule has 0 spiro atoms. The lowest BCUT2D eigenvalue weighted by molar-refractivity contribution is -0.137. The third-order valence-electron chi connectivity index (χ3n) is 6.20. The highest BCUT2D eigenvalue weighted by Gasteiger charge is 2.35. The third kappa shape index (κ3) is 4.59. The molecule has 0 saturated carbocycles. The number of aryl methyl sites for hydroxylation is 1. The number of carbonyl (C=O) groups excluding carboxylic acids is 1. The number of hydrogen-bond donors (Lipinski definition) is 0. The summed E-state index contributed by atoms with van der Waals surface area (Å²) in [7, 11) is -2.03. The monoisotopic (exact) mass is 448 g/mol. The van der Waals surface area contributed by atoms with E-state index in [1.807, 2.05) is 4.90 Å². The fraction of sp³-hybridized carbons (Fsp3) is 0.571. The Morgan fingerprint density at radius 3 is 2.26 bits per heavy atom. The van der Waals surface area contributed by atoms with Crippen molar-refractivity contribution in [2.75, 3.05) is 33.3 Å². The molecule has 2 aliphatic heterocycles. The number of aromatic nitrogens is 2. The standard InChI is InChI=1S/C21H28N4O5S/c1-15-22-20(30-23-15)16-7-11-24(12-8-16)21(26)17-9-13-25(14-10-17)31(27,28)19-5-3-18(29-2)4-6-19/h3-6,16-17H,7-14H2,1-2H3. The van der Waals surface area contributed by atoms with Gasteiger partial charge in [0.1, 0.15) is 5.75 Å². The largest absolute Gasteiger partial charge is 0.497 e. The number of piperidine rings is 2. The van der Waals surface area contributed by atoms with Gasteiger partial charge in [-0.1, -0.05) is 5.16 Å². The zero-order valence-corrected chi connectivity index (χ0v) is 18.7. The van der Waals surface area contributed by atoms with Crippen molar-refractivity contribution in [1.29, 1.82) is 0 Å².